The summed E-state index contributed by atoms with van der Waals surface area (Å²) in [6.07, 6.45) is 2.08. The third-order valence-electron chi connectivity index (χ3n) is 3.30. The van der Waals surface area contributed by atoms with Crippen LogP contribution in [-0.4, -0.2) is 27.5 Å². The minimum Gasteiger partial charge on any atom is -0.314 e. The zero-order valence-corrected chi connectivity index (χ0v) is 12.9. The molecule has 0 radical (unpaired) electrons. The number of pyridine rings is 1. The molecule has 0 saturated carbocycles. The molecule has 0 atom stereocenters. The molecule has 5 heteroatoms. The van der Waals surface area contributed by atoms with Crippen LogP contribution in [0.3, 0.4) is 0 Å². The van der Waals surface area contributed by atoms with E-state index in [-0.39, 0.29) is 5.82 Å². The lowest BCUT2D eigenvalue weighted by Gasteiger charge is -2.12. The van der Waals surface area contributed by atoms with Crippen LogP contribution in [0.25, 0.3) is 11.5 Å². The Labute approximate surface area is 124 Å². The summed E-state index contributed by atoms with van der Waals surface area (Å²) in [6, 6.07) is 3.44. The van der Waals surface area contributed by atoms with E-state index in [9.17, 15) is 4.39 Å². The number of hydrogen-bond donors (Lipinski definition) is 1. The van der Waals surface area contributed by atoms with Crippen LogP contribution in [0.1, 0.15) is 30.8 Å². The van der Waals surface area contributed by atoms with Gasteiger partial charge in [-0.25, -0.2) is 19.3 Å². The molecule has 21 heavy (non-hydrogen) atoms. The fourth-order valence-electron chi connectivity index (χ4n) is 2.21. The highest BCUT2D eigenvalue weighted by Gasteiger charge is 2.11. The lowest BCUT2D eigenvalue weighted by molar-refractivity contribution is 0.587. The number of nitrogens with one attached hydrogen (secondary N) is 1. The Morgan fingerprint density at radius 1 is 1.14 bits per heavy atom. The van der Waals surface area contributed by atoms with Gasteiger partial charge in [0.15, 0.2) is 5.82 Å². The summed E-state index contributed by atoms with van der Waals surface area (Å²) in [5.74, 6) is 0.189. The van der Waals surface area contributed by atoms with Crippen LogP contribution in [0.5, 0.6) is 0 Å². The van der Waals surface area contributed by atoms with Gasteiger partial charge in [0, 0.05) is 17.4 Å². The third-order valence-corrected chi connectivity index (χ3v) is 3.30. The van der Waals surface area contributed by atoms with Crippen LogP contribution < -0.4 is 5.32 Å². The fourth-order valence-corrected chi connectivity index (χ4v) is 2.21. The van der Waals surface area contributed by atoms with Crippen LogP contribution in [0, 0.1) is 19.7 Å². The summed E-state index contributed by atoms with van der Waals surface area (Å²) in [5, 5.41) is 3.39. The van der Waals surface area contributed by atoms with Gasteiger partial charge in [-0.1, -0.05) is 13.8 Å². The summed E-state index contributed by atoms with van der Waals surface area (Å²) in [6.45, 7) is 9.11. The molecule has 0 unspecified atom stereocenters. The molecule has 0 bridgehead atoms. The minimum absolute atomic E-state index is 0.358. The third kappa shape index (κ3) is 4.04. The molecule has 2 heterocycles. The smallest absolute Gasteiger partial charge is 0.178 e. The largest absolute Gasteiger partial charge is 0.314 e. The van der Waals surface area contributed by atoms with Crippen molar-refractivity contribution in [2.75, 3.05) is 6.54 Å². The molecule has 0 aliphatic heterocycles. The first-order chi connectivity index (χ1) is 9.97. The van der Waals surface area contributed by atoms with Gasteiger partial charge in [-0.05, 0) is 44.5 Å². The van der Waals surface area contributed by atoms with Gasteiger partial charge >= 0.3 is 0 Å². The SMILES string of the molecule is Cc1nc(-c2ccc(F)cn2)nc(C)c1CCNC(C)C. The van der Waals surface area contributed by atoms with Gasteiger partial charge in [0.2, 0.25) is 0 Å². The number of aryl methyl sites for hydroxylation is 2. The fraction of sp³-hybridized carbons (Fsp3) is 0.438. The quantitative estimate of drug-likeness (QED) is 0.919. The van der Waals surface area contributed by atoms with E-state index in [1.165, 1.54) is 12.3 Å². The number of rotatable bonds is 5. The second kappa shape index (κ2) is 6.72. The van der Waals surface area contributed by atoms with Crippen LogP contribution in [0.2, 0.25) is 0 Å². The van der Waals surface area contributed by atoms with Crippen molar-refractivity contribution in [2.24, 2.45) is 0 Å². The Hall–Kier alpha value is -1.88. The second-order valence-corrected chi connectivity index (χ2v) is 5.42. The molecule has 0 fully saturated rings. The molecule has 0 aliphatic rings. The Bertz CT molecular complexity index is 585. The highest BCUT2D eigenvalue weighted by Crippen LogP contribution is 2.17. The van der Waals surface area contributed by atoms with Crippen molar-refractivity contribution in [1.29, 1.82) is 0 Å². The Kier molecular flexibility index (Phi) is 4.96. The van der Waals surface area contributed by atoms with E-state index in [1.807, 2.05) is 13.8 Å². The summed E-state index contributed by atoms with van der Waals surface area (Å²) in [5.41, 5.74) is 3.66. The number of aromatic nitrogens is 3. The molecular formula is C16H21FN4. The summed E-state index contributed by atoms with van der Waals surface area (Å²) >= 11 is 0. The van der Waals surface area contributed by atoms with Gasteiger partial charge in [-0.2, -0.15) is 0 Å². The molecule has 0 saturated heterocycles. The Balaban J connectivity index is 2.22. The van der Waals surface area contributed by atoms with Crippen LogP contribution >= 0.6 is 0 Å². The van der Waals surface area contributed by atoms with E-state index in [2.05, 4.69) is 34.1 Å². The molecule has 2 rings (SSSR count). The van der Waals surface area contributed by atoms with Gasteiger partial charge < -0.3 is 5.32 Å². The van der Waals surface area contributed by atoms with Crippen molar-refractivity contribution in [1.82, 2.24) is 20.3 Å². The predicted molar refractivity (Wildman–Crippen MR) is 81.5 cm³/mol. The van der Waals surface area contributed by atoms with Crippen molar-refractivity contribution < 1.29 is 4.39 Å². The van der Waals surface area contributed by atoms with Crippen molar-refractivity contribution in [2.45, 2.75) is 40.2 Å². The van der Waals surface area contributed by atoms with Crippen LogP contribution in [0.4, 0.5) is 4.39 Å². The average molecular weight is 288 g/mol. The highest BCUT2D eigenvalue weighted by molar-refractivity contribution is 5.50. The van der Waals surface area contributed by atoms with Crippen LogP contribution in [0.15, 0.2) is 18.3 Å². The lowest BCUT2D eigenvalue weighted by atomic mass is 10.1. The van der Waals surface area contributed by atoms with Crippen molar-refractivity contribution >= 4 is 0 Å². The molecule has 112 valence electrons. The van der Waals surface area contributed by atoms with Gasteiger partial charge in [0.05, 0.1) is 6.20 Å². The van der Waals surface area contributed by atoms with Gasteiger partial charge in [-0.3, -0.25) is 0 Å². The van der Waals surface area contributed by atoms with E-state index in [0.29, 0.717) is 17.6 Å². The molecule has 0 spiro atoms. The van der Waals surface area contributed by atoms with Gasteiger partial charge in [0.25, 0.3) is 0 Å². The van der Waals surface area contributed by atoms with Gasteiger partial charge in [-0.15, -0.1) is 0 Å². The number of halogens is 1. The highest BCUT2D eigenvalue weighted by atomic mass is 19.1. The zero-order valence-electron chi connectivity index (χ0n) is 12.9. The van der Waals surface area contributed by atoms with Gasteiger partial charge in [0.1, 0.15) is 11.5 Å². The van der Waals surface area contributed by atoms with Crippen LogP contribution in [-0.2, 0) is 6.42 Å². The van der Waals surface area contributed by atoms with Crippen molar-refractivity contribution in [3.8, 4) is 11.5 Å². The van der Waals surface area contributed by atoms with E-state index in [0.717, 1.165) is 29.9 Å². The summed E-state index contributed by atoms with van der Waals surface area (Å²) < 4.78 is 12.9. The zero-order chi connectivity index (χ0) is 15.4. The standard InChI is InChI=1S/C16H21FN4/c1-10(2)18-8-7-14-11(3)20-16(21-12(14)4)15-6-5-13(17)9-19-15/h5-6,9-10,18H,7-8H2,1-4H3. The summed E-state index contributed by atoms with van der Waals surface area (Å²) in [4.78, 5) is 13.0. The first kappa shape index (κ1) is 15.5. The Morgan fingerprint density at radius 2 is 1.81 bits per heavy atom. The molecule has 0 aliphatic carbocycles. The number of nitrogens with zero attached hydrogens (tertiary/aromatic N) is 3. The van der Waals surface area contributed by atoms with E-state index < -0.39 is 0 Å². The second-order valence-electron chi connectivity index (χ2n) is 5.42. The first-order valence-electron chi connectivity index (χ1n) is 7.17. The molecule has 2 aromatic rings. The first-order valence-corrected chi connectivity index (χ1v) is 7.17. The normalized spacial score (nSPS) is 11.1. The predicted octanol–water partition coefficient (Wildman–Crippen LogP) is 2.84. The summed E-state index contributed by atoms with van der Waals surface area (Å²) in [7, 11) is 0. The maximum absolute atomic E-state index is 12.9. The number of hydrogen-bond acceptors (Lipinski definition) is 4. The van der Waals surface area contributed by atoms with E-state index in [1.54, 1.807) is 6.07 Å². The minimum atomic E-state index is -0.358. The maximum Gasteiger partial charge on any atom is 0.178 e. The molecule has 2 aromatic heterocycles. The maximum atomic E-state index is 12.9. The topological polar surface area (TPSA) is 50.7 Å². The Morgan fingerprint density at radius 3 is 2.33 bits per heavy atom. The van der Waals surface area contributed by atoms with E-state index in [4.69, 9.17) is 0 Å². The average Bonchev–Trinajstić information content (AvgIpc) is 2.42. The molecular weight excluding hydrogens is 267 g/mol. The monoisotopic (exact) mass is 288 g/mol. The molecule has 1 N–H and O–H groups in total. The molecule has 0 aromatic carbocycles. The van der Waals surface area contributed by atoms with Crippen molar-refractivity contribution in [3.05, 3.63) is 41.1 Å². The van der Waals surface area contributed by atoms with E-state index >= 15 is 0 Å². The molecule has 4 nitrogen and oxygen atoms in total. The molecule has 0 amide bonds. The van der Waals surface area contributed by atoms with Crippen molar-refractivity contribution in [3.63, 3.8) is 0 Å². The lowest BCUT2D eigenvalue weighted by Crippen LogP contribution is -2.25.